The monoisotopic (exact) mass is 314 g/mol. The Balaban J connectivity index is 1.68. The van der Waals surface area contributed by atoms with Gasteiger partial charge in [0.1, 0.15) is 5.65 Å². The Bertz CT molecular complexity index is 717. The van der Waals surface area contributed by atoms with Crippen molar-refractivity contribution in [1.29, 1.82) is 0 Å². The molecule has 2 aromatic rings. The molecule has 0 atom stereocenters. The molecule has 0 aromatic carbocycles. The lowest BCUT2D eigenvalue weighted by Gasteiger charge is -2.31. The Morgan fingerprint density at radius 3 is 2.87 bits per heavy atom. The summed E-state index contributed by atoms with van der Waals surface area (Å²) in [7, 11) is 0. The molecule has 0 aliphatic carbocycles. The van der Waals surface area contributed by atoms with E-state index in [2.05, 4.69) is 17.1 Å². The lowest BCUT2D eigenvalue weighted by Crippen LogP contribution is -2.37. The normalized spacial score (nSPS) is 17.0. The summed E-state index contributed by atoms with van der Waals surface area (Å²) in [4.78, 5) is 19.4. The highest BCUT2D eigenvalue weighted by Crippen LogP contribution is 2.18. The molecule has 5 heteroatoms. The third-order valence-electron chi connectivity index (χ3n) is 4.72. The zero-order valence-electron chi connectivity index (χ0n) is 14.1. The lowest BCUT2D eigenvalue weighted by atomic mass is 9.96. The molecule has 0 bridgehead atoms. The molecule has 0 spiro atoms. The number of piperidine rings is 1. The number of pyridine rings is 1. The smallest absolute Gasteiger partial charge is 0.258 e. The van der Waals surface area contributed by atoms with Crippen molar-refractivity contribution in [2.75, 3.05) is 26.2 Å². The summed E-state index contributed by atoms with van der Waals surface area (Å²) in [5.74, 6) is 0.781. The predicted molar refractivity (Wildman–Crippen MR) is 92.7 cm³/mol. The van der Waals surface area contributed by atoms with E-state index in [0.717, 1.165) is 55.5 Å². The van der Waals surface area contributed by atoms with Gasteiger partial charge in [0.25, 0.3) is 5.56 Å². The van der Waals surface area contributed by atoms with E-state index in [0.29, 0.717) is 0 Å². The third-order valence-corrected chi connectivity index (χ3v) is 4.72. The number of rotatable bonds is 5. The first-order valence-corrected chi connectivity index (χ1v) is 8.58. The third kappa shape index (κ3) is 3.79. The van der Waals surface area contributed by atoms with Crippen molar-refractivity contribution in [2.45, 2.75) is 33.2 Å². The van der Waals surface area contributed by atoms with Crippen LogP contribution in [0.2, 0.25) is 0 Å². The number of nitrogens with zero attached hydrogens (tertiary/aromatic N) is 3. The fourth-order valence-corrected chi connectivity index (χ4v) is 3.32. The van der Waals surface area contributed by atoms with Gasteiger partial charge >= 0.3 is 0 Å². The highest BCUT2D eigenvalue weighted by molar-refractivity contribution is 5.46. The minimum atomic E-state index is 0.00994. The van der Waals surface area contributed by atoms with Crippen molar-refractivity contribution >= 4 is 5.65 Å². The summed E-state index contributed by atoms with van der Waals surface area (Å²) in [6.45, 7) is 9.27. The van der Waals surface area contributed by atoms with Crippen LogP contribution in [0.15, 0.2) is 29.2 Å². The summed E-state index contributed by atoms with van der Waals surface area (Å²) in [6.07, 6.45) is 4.23. The summed E-state index contributed by atoms with van der Waals surface area (Å²) < 4.78 is 1.63. The number of hydrogen-bond acceptors (Lipinski definition) is 4. The van der Waals surface area contributed by atoms with Gasteiger partial charge in [0, 0.05) is 18.8 Å². The van der Waals surface area contributed by atoms with E-state index in [4.69, 9.17) is 4.98 Å². The molecule has 3 rings (SSSR count). The van der Waals surface area contributed by atoms with E-state index in [9.17, 15) is 4.79 Å². The van der Waals surface area contributed by atoms with Crippen LogP contribution in [-0.4, -0.2) is 40.5 Å². The molecule has 1 fully saturated rings. The van der Waals surface area contributed by atoms with Gasteiger partial charge in [0.15, 0.2) is 0 Å². The maximum Gasteiger partial charge on any atom is 0.258 e. The first-order chi connectivity index (χ1) is 11.2. The van der Waals surface area contributed by atoms with Crippen LogP contribution >= 0.6 is 0 Å². The molecule has 1 aliphatic heterocycles. The van der Waals surface area contributed by atoms with Crippen LogP contribution in [0.1, 0.15) is 31.0 Å². The van der Waals surface area contributed by atoms with Gasteiger partial charge in [-0.1, -0.05) is 13.0 Å². The highest BCUT2D eigenvalue weighted by atomic mass is 16.1. The van der Waals surface area contributed by atoms with Gasteiger partial charge in [0.2, 0.25) is 0 Å². The Morgan fingerprint density at radius 2 is 2.13 bits per heavy atom. The fourth-order valence-electron chi connectivity index (χ4n) is 3.32. The van der Waals surface area contributed by atoms with Crippen molar-refractivity contribution in [3.63, 3.8) is 0 Å². The second kappa shape index (κ2) is 7.23. The molecular formula is C18H26N4O. The molecular weight excluding hydrogens is 288 g/mol. The van der Waals surface area contributed by atoms with Gasteiger partial charge in [-0.25, -0.2) is 4.98 Å². The Kier molecular flexibility index (Phi) is 5.08. The Morgan fingerprint density at radius 1 is 1.35 bits per heavy atom. The van der Waals surface area contributed by atoms with E-state index >= 15 is 0 Å². The van der Waals surface area contributed by atoms with E-state index in [-0.39, 0.29) is 5.56 Å². The van der Waals surface area contributed by atoms with Gasteiger partial charge in [-0.3, -0.25) is 14.1 Å². The average molecular weight is 314 g/mol. The standard InChI is InChI=1S/C18H26N4O/c1-3-19-12-15-6-9-21(10-7-15)13-16-11-17(23)22-8-4-5-14(2)18(22)20-16/h4-5,8,11,15,19H,3,6-7,9-10,12-13H2,1-2H3. The number of fused-ring (bicyclic) bond motifs is 1. The van der Waals surface area contributed by atoms with Crippen LogP contribution < -0.4 is 10.9 Å². The number of aromatic nitrogens is 2. The van der Waals surface area contributed by atoms with Crippen molar-refractivity contribution in [2.24, 2.45) is 5.92 Å². The van der Waals surface area contributed by atoms with E-state index in [1.54, 1.807) is 16.7 Å². The first-order valence-electron chi connectivity index (χ1n) is 8.58. The maximum atomic E-state index is 12.3. The topological polar surface area (TPSA) is 49.6 Å². The molecule has 23 heavy (non-hydrogen) atoms. The fraction of sp³-hybridized carbons (Fsp3) is 0.556. The maximum absolute atomic E-state index is 12.3. The quantitative estimate of drug-likeness (QED) is 0.915. The number of hydrogen-bond donors (Lipinski definition) is 1. The SMILES string of the molecule is CCNCC1CCN(Cc2cc(=O)n3cccc(C)c3n2)CC1. The predicted octanol–water partition coefficient (Wildman–Crippen LogP) is 1.82. The zero-order valence-corrected chi connectivity index (χ0v) is 14.1. The average Bonchev–Trinajstić information content (AvgIpc) is 2.55. The van der Waals surface area contributed by atoms with Crippen molar-refractivity contribution in [1.82, 2.24) is 19.6 Å². The van der Waals surface area contributed by atoms with E-state index < -0.39 is 0 Å². The van der Waals surface area contributed by atoms with Crippen LogP contribution in [0.4, 0.5) is 0 Å². The summed E-state index contributed by atoms with van der Waals surface area (Å²) in [5, 5.41) is 3.44. The summed E-state index contributed by atoms with van der Waals surface area (Å²) in [6, 6.07) is 5.56. The molecule has 0 saturated carbocycles. The molecule has 124 valence electrons. The lowest BCUT2D eigenvalue weighted by molar-refractivity contribution is 0.174. The summed E-state index contributed by atoms with van der Waals surface area (Å²) in [5.41, 5.74) is 2.71. The molecule has 0 radical (unpaired) electrons. The Hall–Kier alpha value is -1.72. The number of nitrogens with one attached hydrogen (secondary N) is 1. The molecule has 0 amide bonds. The van der Waals surface area contributed by atoms with E-state index in [1.165, 1.54) is 12.8 Å². The first kappa shape index (κ1) is 16.1. The van der Waals surface area contributed by atoms with Crippen LogP contribution in [-0.2, 0) is 6.54 Å². The van der Waals surface area contributed by atoms with Gasteiger partial charge in [-0.2, -0.15) is 0 Å². The van der Waals surface area contributed by atoms with Crippen LogP contribution in [0, 0.1) is 12.8 Å². The van der Waals surface area contributed by atoms with Gasteiger partial charge in [0.05, 0.1) is 5.69 Å². The molecule has 5 nitrogen and oxygen atoms in total. The molecule has 1 aliphatic rings. The minimum Gasteiger partial charge on any atom is -0.317 e. The molecule has 3 heterocycles. The van der Waals surface area contributed by atoms with Crippen LogP contribution in [0.3, 0.4) is 0 Å². The zero-order chi connectivity index (χ0) is 16.2. The Labute approximate surface area is 137 Å². The molecule has 0 unspecified atom stereocenters. The van der Waals surface area contributed by atoms with E-state index in [1.807, 2.05) is 19.1 Å². The molecule has 2 aromatic heterocycles. The van der Waals surface area contributed by atoms with Gasteiger partial charge < -0.3 is 5.32 Å². The highest BCUT2D eigenvalue weighted by Gasteiger charge is 2.19. The minimum absolute atomic E-state index is 0.00994. The van der Waals surface area contributed by atoms with Crippen molar-refractivity contribution in [3.8, 4) is 0 Å². The molecule has 1 N–H and O–H groups in total. The number of aryl methyl sites for hydroxylation is 1. The van der Waals surface area contributed by atoms with Gasteiger partial charge in [-0.05, 0) is 63.5 Å². The van der Waals surface area contributed by atoms with Gasteiger partial charge in [-0.15, -0.1) is 0 Å². The van der Waals surface area contributed by atoms with Crippen LogP contribution in [0.5, 0.6) is 0 Å². The van der Waals surface area contributed by atoms with Crippen molar-refractivity contribution < 1.29 is 0 Å². The molecule has 1 saturated heterocycles. The summed E-state index contributed by atoms with van der Waals surface area (Å²) >= 11 is 0. The number of likely N-dealkylation sites (tertiary alicyclic amines) is 1. The second-order valence-electron chi connectivity index (χ2n) is 6.50. The largest absolute Gasteiger partial charge is 0.317 e. The van der Waals surface area contributed by atoms with Crippen LogP contribution in [0.25, 0.3) is 5.65 Å². The van der Waals surface area contributed by atoms with Crippen molar-refractivity contribution in [3.05, 3.63) is 46.0 Å². The second-order valence-corrected chi connectivity index (χ2v) is 6.50.